The van der Waals surface area contributed by atoms with Crippen molar-refractivity contribution in [3.63, 3.8) is 0 Å². The average molecular weight is 531 g/mol. The van der Waals surface area contributed by atoms with Crippen LogP contribution in [0.4, 0.5) is 24.7 Å². The minimum atomic E-state index is -4.01. The third-order valence-electron chi connectivity index (χ3n) is 7.67. The van der Waals surface area contributed by atoms with E-state index in [-0.39, 0.29) is 5.56 Å². The molecule has 2 aromatic carbocycles. The molecule has 0 unspecified atom stereocenters. The number of hydrogen-bond donors (Lipinski definition) is 3. The van der Waals surface area contributed by atoms with Gasteiger partial charge in [-0.3, -0.25) is 0 Å². The summed E-state index contributed by atoms with van der Waals surface area (Å²) in [6.07, 6.45) is 2.92. The van der Waals surface area contributed by atoms with Gasteiger partial charge in [-0.05, 0) is 63.3 Å². The second kappa shape index (κ2) is 9.98. The number of morpholine rings is 1. The number of alkyl halides is 2. The summed E-state index contributed by atoms with van der Waals surface area (Å²) in [6.45, 7) is 5.91. The Morgan fingerprint density at radius 2 is 1.87 bits per heavy atom. The van der Waals surface area contributed by atoms with Crippen LogP contribution in [0, 0.1) is 12.7 Å². The number of benzene rings is 2. The average Bonchev–Trinajstić information content (AvgIpc) is 3.39. The zero-order chi connectivity index (χ0) is 27.2. The van der Waals surface area contributed by atoms with Gasteiger partial charge in [-0.15, -0.1) is 0 Å². The van der Waals surface area contributed by atoms with E-state index in [1.54, 1.807) is 13.8 Å². The molecule has 0 radical (unpaired) electrons. The van der Waals surface area contributed by atoms with Crippen molar-refractivity contribution in [2.45, 2.75) is 57.6 Å². The maximum absolute atomic E-state index is 15.5. The van der Waals surface area contributed by atoms with Gasteiger partial charge in [-0.2, -0.15) is 8.78 Å². The van der Waals surface area contributed by atoms with E-state index in [2.05, 4.69) is 21.3 Å². The van der Waals surface area contributed by atoms with E-state index >= 15 is 4.39 Å². The van der Waals surface area contributed by atoms with Crippen molar-refractivity contribution in [3.8, 4) is 0 Å². The third-order valence-corrected chi connectivity index (χ3v) is 7.67. The number of aliphatic hydroxyl groups is 2. The van der Waals surface area contributed by atoms with Crippen LogP contribution in [0.3, 0.4) is 0 Å². The fourth-order valence-corrected chi connectivity index (χ4v) is 5.45. The fraction of sp³-hybridized carbons (Fsp3) is 0.500. The van der Waals surface area contributed by atoms with Crippen molar-refractivity contribution in [3.05, 3.63) is 58.2 Å². The molecule has 204 valence electrons. The predicted molar refractivity (Wildman–Crippen MR) is 139 cm³/mol. The quantitative estimate of drug-likeness (QED) is 0.417. The smallest absolute Gasteiger partial charge is 0.306 e. The lowest BCUT2D eigenvalue weighted by atomic mass is 9.90. The van der Waals surface area contributed by atoms with Gasteiger partial charge in [0.25, 0.3) is 0 Å². The number of aliphatic hydroxyl groups excluding tert-OH is 1. The first kappa shape index (κ1) is 26.6. The second-order valence-corrected chi connectivity index (χ2v) is 10.4. The van der Waals surface area contributed by atoms with Gasteiger partial charge in [0.05, 0.1) is 36.9 Å². The monoisotopic (exact) mass is 530 g/mol. The highest BCUT2D eigenvalue weighted by molar-refractivity contribution is 5.96. The highest BCUT2D eigenvalue weighted by Gasteiger charge is 2.52. The minimum Gasteiger partial charge on any atom is -0.393 e. The normalized spacial score (nSPS) is 18.4. The summed E-state index contributed by atoms with van der Waals surface area (Å²) in [5, 5.41) is 23.4. The molecule has 0 bridgehead atoms. The highest BCUT2D eigenvalue weighted by Crippen LogP contribution is 2.42. The Morgan fingerprint density at radius 3 is 2.58 bits per heavy atom. The number of nitrogens with one attached hydrogen (secondary N) is 1. The number of nitrogens with zero attached hydrogens (tertiary/aromatic N) is 3. The van der Waals surface area contributed by atoms with E-state index in [0.29, 0.717) is 24.9 Å². The molecule has 2 heterocycles. The molecule has 38 heavy (non-hydrogen) atoms. The summed E-state index contributed by atoms with van der Waals surface area (Å²) in [5.41, 5.74) is 0.692. The number of ether oxygens (including phenoxy) is 1. The van der Waals surface area contributed by atoms with Crippen LogP contribution in [-0.2, 0) is 23.5 Å². The van der Waals surface area contributed by atoms with Crippen LogP contribution >= 0.6 is 0 Å². The van der Waals surface area contributed by atoms with Crippen LogP contribution in [0.15, 0.2) is 24.3 Å². The molecule has 3 aromatic rings. The van der Waals surface area contributed by atoms with Crippen molar-refractivity contribution in [1.29, 1.82) is 0 Å². The third kappa shape index (κ3) is 4.48. The lowest BCUT2D eigenvalue weighted by Crippen LogP contribution is -2.47. The van der Waals surface area contributed by atoms with E-state index in [0.717, 1.165) is 61.9 Å². The Bertz CT molecular complexity index is 1360. The van der Waals surface area contributed by atoms with Gasteiger partial charge in [0, 0.05) is 29.7 Å². The number of fused-ring (bicyclic) bond motifs is 3. The van der Waals surface area contributed by atoms with Crippen LogP contribution in [0.2, 0.25) is 0 Å². The van der Waals surface area contributed by atoms with Crippen molar-refractivity contribution in [2.75, 3.05) is 43.1 Å². The van der Waals surface area contributed by atoms with Gasteiger partial charge in [0.1, 0.15) is 17.5 Å². The molecular weight excluding hydrogens is 497 g/mol. The van der Waals surface area contributed by atoms with Crippen LogP contribution in [0.5, 0.6) is 0 Å². The Labute approximate surface area is 219 Å². The summed E-state index contributed by atoms with van der Waals surface area (Å²) in [5.74, 6) is -4.09. The van der Waals surface area contributed by atoms with Crippen molar-refractivity contribution >= 4 is 22.4 Å². The Morgan fingerprint density at radius 1 is 1.16 bits per heavy atom. The molecule has 0 spiro atoms. The SMILES string of the molecule is Cc1nc(N[C@H](C)c2cccc(C(F)(F)[C@](C)(O)CO)c2F)c2cc(N3CCOCC3)c3c(c2n1)CCC3. The van der Waals surface area contributed by atoms with Gasteiger partial charge in [-0.1, -0.05) is 12.1 Å². The molecule has 1 aliphatic heterocycles. The number of rotatable bonds is 7. The molecule has 2 aliphatic rings. The van der Waals surface area contributed by atoms with E-state index in [1.165, 1.54) is 23.3 Å². The lowest BCUT2D eigenvalue weighted by molar-refractivity contribution is -0.197. The van der Waals surface area contributed by atoms with Gasteiger partial charge < -0.3 is 25.2 Å². The molecule has 5 rings (SSSR count). The zero-order valence-corrected chi connectivity index (χ0v) is 21.8. The van der Waals surface area contributed by atoms with Crippen molar-refractivity contribution in [2.24, 2.45) is 0 Å². The highest BCUT2D eigenvalue weighted by atomic mass is 19.3. The largest absolute Gasteiger partial charge is 0.393 e. The van der Waals surface area contributed by atoms with Crippen LogP contribution < -0.4 is 10.2 Å². The van der Waals surface area contributed by atoms with Gasteiger partial charge >= 0.3 is 5.92 Å². The molecule has 2 atom stereocenters. The van der Waals surface area contributed by atoms with Crippen LogP contribution in [0.25, 0.3) is 10.9 Å². The molecule has 0 saturated carbocycles. The Hall–Kier alpha value is -2.95. The summed E-state index contributed by atoms with van der Waals surface area (Å²) >= 11 is 0. The van der Waals surface area contributed by atoms with E-state index in [4.69, 9.17) is 9.72 Å². The minimum absolute atomic E-state index is 0.00473. The van der Waals surface area contributed by atoms with E-state index in [9.17, 15) is 19.0 Å². The van der Waals surface area contributed by atoms with Crippen molar-refractivity contribution < 1.29 is 28.1 Å². The van der Waals surface area contributed by atoms with Gasteiger partial charge in [0.15, 0.2) is 5.60 Å². The number of aryl methyl sites for hydroxylation is 2. The molecule has 10 heteroatoms. The molecule has 3 N–H and O–H groups in total. The molecule has 7 nitrogen and oxygen atoms in total. The second-order valence-electron chi connectivity index (χ2n) is 10.4. The zero-order valence-electron chi connectivity index (χ0n) is 21.8. The standard InChI is InChI=1S/C28H33F3N4O3/c1-16(18-6-5-9-22(24(18)29)28(30,31)27(3,37)15-36)32-26-21-14-23(35-10-12-38-13-11-35)19-7-4-8-20(19)25(21)33-17(2)34-26/h5-6,9,14,16,36-37H,4,7-8,10-13,15H2,1-3H3,(H,32,33,34)/t16-,27-/m1/s1. The fourth-order valence-electron chi connectivity index (χ4n) is 5.45. The summed E-state index contributed by atoms with van der Waals surface area (Å²) in [6, 6.07) is 5.02. The van der Waals surface area contributed by atoms with Crippen molar-refractivity contribution in [1.82, 2.24) is 9.97 Å². The Balaban J connectivity index is 1.56. The first-order chi connectivity index (χ1) is 18.0. The summed E-state index contributed by atoms with van der Waals surface area (Å²) < 4.78 is 51.0. The summed E-state index contributed by atoms with van der Waals surface area (Å²) in [7, 11) is 0. The maximum atomic E-state index is 15.5. The predicted octanol–water partition coefficient (Wildman–Crippen LogP) is 4.41. The molecule has 1 saturated heterocycles. The van der Waals surface area contributed by atoms with Crippen LogP contribution in [-0.4, -0.2) is 58.7 Å². The summed E-state index contributed by atoms with van der Waals surface area (Å²) in [4.78, 5) is 11.7. The molecule has 0 amide bonds. The lowest BCUT2D eigenvalue weighted by Gasteiger charge is -2.32. The number of aromatic nitrogens is 2. The number of anilines is 2. The van der Waals surface area contributed by atoms with E-state index in [1.807, 2.05) is 0 Å². The van der Waals surface area contributed by atoms with Gasteiger partial charge in [0.2, 0.25) is 0 Å². The number of hydrogen-bond acceptors (Lipinski definition) is 7. The molecule has 1 aliphatic carbocycles. The molecule has 1 fully saturated rings. The first-order valence-corrected chi connectivity index (χ1v) is 13.0. The first-order valence-electron chi connectivity index (χ1n) is 13.0. The van der Waals surface area contributed by atoms with E-state index < -0.39 is 35.6 Å². The van der Waals surface area contributed by atoms with Gasteiger partial charge in [-0.25, -0.2) is 14.4 Å². The maximum Gasteiger partial charge on any atom is 0.306 e. The topological polar surface area (TPSA) is 90.7 Å². The Kier molecular flexibility index (Phi) is 7.00. The molecular formula is C28H33F3N4O3. The number of halogens is 3. The molecule has 1 aromatic heterocycles. The van der Waals surface area contributed by atoms with Crippen LogP contribution in [0.1, 0.15) is 54.4 Å².